The van der Waals surface area contributed by atoms with Gasteiger partial charge in [0.15, 0.2) is 11.3 Å². The van der Waals surface area contributed by atoms with Gasteiger partial charge in [-0.2, -0.15) is 5.10 Å². The average Bonchev–Trinajstić information content (AvgIpc) is 2.71. The fourth-order valence-corrected chi connectivity index (χ4v) is 1.30. The molecule has 0 radical (unpaired) electrons. The van der Waals surface area contributed by atoms with Gasteiger partial charge in [-0.3, -0.25) is 0 Å². The summed E-state index contributed by atoms with van der Waals surface area (Å²) in [6.45, 7) is 1.96. The van der Waals surface area contributed by atoms with E-state index in [-0.39, 0.29) is 17.9 Å². The number of carboxylic acid groups (broad SMARTS) is 1. The molecule has 0 saturated heterocycles. The lowest BCUT2D eigenvalue weighted by atomic mass is 10.3. The largest absolute Gasteiger partial charge is 0.476 e. The van der Waals surface area contributed by atoms with E-state index in [1.54, 1.807) is 6.92 Å². The van der Waals surface area contributed by atoms with E-state index in [2.05, 4.69) is 10.1 Å². The number of esters is 1. The molecule has 7 nitrogen and oxygen atoms in total. The van der Waals surface area contributed by atoms with E-state index in [9.17, 15) is 9.59 Å². The summed E-state index contributed by atoms with van der Waals surface area (Å²) in [5.41, 5.74) is 0.452. The van der Waals surface area contributed by atoms with Crippen LogP contribution in [0.5, 0.6) is 0 Å². The molecule has 0 atom stereocenters. The van der Waals surface area contributed by atoms with Crippen LogP contribution >= 0.6 is 0 Å². The third kappa shape index (κ3) is 2.07. The fraction of sp³-hybridized carbons (Fsp3) is 0.200. The molecule has 7 heteroatoms. The molecular weight excluding hydrogens is 226 g/mol. The van der Waals surface area contributed by atoms with Gasteiger partial charge in [-0.15, -0.1) is 0 Å². The highest BCUT2D eigenvalue weighted by atomic mass is 16.5. The van der Waals surface area contributed by atoms with Crippen molar-refractivity contribution in [2.75, 3.05) is 6.61 Å². The van der Waals surface area contributed by atoms with Crippen LogP contribution in [0, 0.1) is 0 Å². The number of hydrogen-bond donors (Lipinski definition) is 1. The van der Waals surface area contributed by atoms with Gasteiger partial charge in [-0.25, -0.2) is 19.1 Å². The minimum Gasteiger partial charge on any atom is -0.476 e. The fourth-order valence-electron chi connectivity index (χ4n) is 1.30. The topological polar surface area (TPSA) is 93.8 Å². The summed E-state index contributed by atoms with van der Waals surface area (Å²) in [6.07, 6.45) is 2.70. The van der Waals surface area contributed by atoms with E-state index < -0.39 is 11.9 Å². The van der Waals surface area contributed by atoms with Crippen molar-refractivity contribution in [3.8, 4) is 0 Å². The predicted octanol–water partition coefficient (Wildman–Crippen LogP) is 0.604. The van der Waals surface area contributed by atoms with Gasteiger partial charge in [-0.1, -0.05) is 0 Å². The lowest BCUT2D eigenvalue weighted by Crippen LogP contribution is -2.07. The van der Waals surface area contributed by atoms with Crippen molar-refractivity contribution in [3.63, 3.8) is 0 Å². The summed E-state index contributed by atoms with van der Waals surface area (Å²) in [6, 6.07) is 1.32. The molecule has 0 bridgehead atoms. The highest BCUT2D eigenvalue weighted by Crippen LogP contribution is 2.06. The first-order chi connectivity index (χ1) is 8.11. The SMILES string of the molecule is CCOC(=O)c1cnc2cc(C(=O)O)nn2c1. The standard InChI is InChI=1S/C10H9N3O4/c1-2-17-10(16)6-4-11-8-3-7(9(14)15)12-13(8)5-6/h3-5H,2H2,1H3,(H,14,15). The van der Waals surface area contributed by atoms with Gasteiger partial charge in [0.2, 0.25) is 0 Å². The van der Waals surface area contributed by atoms with Crippen LogP contribution in [0.25, 0.3) is 5.65 Å². The summed E-state index contributed by atoms with van der Waals surface area (Å²) < 4.78 is 6.03. The zero-order valence-electron chi connectivity index (χ0n) is 8.95. The number of ether oxygens (including phenoxy) is 1. The van der Waals surface area contributed by atoms with E-state index in [1.165, 1.54) is 23.0 Å². The quantitative estimate of drug-likeness (QED) is 0.783. The van der Waals surface area contributed by atoms with Crippen molar-refractivity contribution in [1.29, 1.82) is 0 Å². The van der Waals surface area contributed by atoms with Gasteiger partial charge >= 0.3 is 11.9 Å². The van der Waals surface area contributed by atoms with E-state index >= 15 is 0 Å². The van der Waals surface area contributed by atoms with Crippen molar-refractivity contribution < 1.29 is 19.4 Å². The summed E-state index contributed by atoms with van der Waals surface area (Å²) in [7, 11) is 0. The molecule has 2 heterocycles. The van der Waals surface area contributed by atoms with Crippen LogP contribution in [0.2, 0.25) is 0 Å². The Hall–Kier alpha value is -2.44. The highest BCUT2D eigenvalue weighted by molar-refractivity contribution is 5.89. The molecule has 0 spiro atoms. The van der Waals surface area contributed by atoms with E-state index in [0.717, 1.165) is 0 Å². The van der Waals surface area contributed by atoms with Gasteiger partial charge in [0.05, 0.1) is 12.2 Å². The molecule has 2 aromatic rings. The summed E-state index contributed by atoms with van der Waals surface area (Å²) in [5.74, 6) is -1.66. The number of aromatic nitrogens is 3. The second-order valence-corrected chi connectivity index (χ2v) is 3.20. The van der Waals surface area contributed by atoms with Gasteiger partial charge in [-0.05, 0) is 6.92 Å². The molecule has 0 aromatic carbocycles. The third-order valence-corrected chi connectivity index (χ3v) is 2.04. The molecule has 2 rings (SSSR count). The normalized spacial score (nSPS) is 10.4. The second-order valence-electron chi connectivity index (χ2n) is 3.20. The maximum Gasteiger partial charge on any atom is 0.356 e. The van der Waals surface area contributed by atoms with Crippen molar-refractivity contribution in [3.05, 3.63) is 29.7 Å². The molecule has 0 aliphatic rings. The van der Waals surface area contributed by atoms with Crippen LogP contribution in [0.1, 0.15) is 27.8 Å². The summed E-state index contributed by atoms with van der Waals surface area (Å²) >= 11 is 0. The third-order valence-electron chi connectivity index (χ3n) is 2.04. The molecule has 0 aliphatic heterocycles. The Morgan fingerprint density at radius 3 is 2.94 bits per heavy atom. The molecule has 1 N–H and O–H groups in total. The number of nitrogens with zero attached hydrogens (tertiary/aromatic N) is 3. The van der Waals surface area contributed by atoms with E-state index in [4.69, 9.17) is 9.84 Å². The van der Waals surface area contributed by atoms with Crippen LogP contribution in [0.3, 0.4) is 0 Å². The van der Waals surface area contributed by atoms with Gasteiger partial charge < -0.3 is 9.84 Å². The first-order valence-electron chi connectivity index (χ1n) is 4.87. The van der Waals surface area contributed by atoms with Gasteiger partial charge in [0, 0.05) is 18.5 Å². The number of fused-ring (bicyclic) bond motifs is 1. The molecule has 0 saturated carbocycles. The second kappa shape index (κ2) is 4.20. The molecule has 0 fully saturated rings. The number of aromatic carboxylic acids is 1. The van der Waals surface area contributed by atoms with Crippen molar-refractivity contribution in [2.24, 2.45) is 0 Å². The van der Waals surface area contributed by atoms with Gasteiger partial charge in [0.1, 0.15) is 0 Å². The first-order valence-corrected chi connectivity index (χ1v) is 4.87. The van der Waals surface area contributed by atoms with Crippen molar-refractivity contribution in [2.45, 2.75) is 6.92 Å². The summed E-state index contributed by atoms with van der Waals surface area (Å²) in [4.78, 5) is 26.0. The van der Waals surface area contributed by atoms with E-state index in [1.807, 2.05) is 0 Å². The van der Waals surface area contributed by atoms with Crippen LogP contribution in [0.15, 0.2) is 18.5 Å². The Labute approximate surface area is 95.6 Å². The highest BCUT2D eigenvalue weighted by Gasteiger charge is 2.12. The predicted molar refractivity (Wildman–Crippen MR) is 55.9 cm³/mol. The zero-order valence-corrected chi connectivity index (χ0v) is 8.95. The van der Waals surface area contributed by atoms with Crippen molar-refractivity contribution >= 4 is 17.6 Å². The smallest absolute Gasteiger partial charge is 0.356 e. The molecule has 88 valence electrons. The molecule has 2 aromatic heterocycles. The molecule has 0 amide bonds. The monoisotopic (exact) mass is 235 g/mol. The minimum absolute atomic E-state index is 0.126. The van der Waals surface area contributed by atoms with Crippen LogP contribution in [-0.4, -0.2) is 38.3 Å². The van der Waals surface area contributed by atoms with Gasteiger partial charge in [0.25, 0.3) is 0 Å². The van der Waals surface area contributed by atoms with Crippen LogP contribution in [-0.2, 0) is 4.74 Å². The van der Waals surface area contributed by atoms with Crippen LogP contribution in [0.4, 0.5) is 0 Å². The molecular formula is C10H9N3O4. The lowest BCUT2D eigenvalue weighted by molar-refractivity contribution is 0.0524. The Kier molecular flexibility index (Phi) is 2.73. The Bertz CT molecular complexity index is 590. The molecule has 0 aliphatic carbocycles. The molecule has 17 heavy (non-hydrogen) atoms. The lowest BCUT2D eigenvalue weighted by Gasteiger charge is -2.00. The maximum absolute atomic E-state index is 11.4. The average molecular weight is 235 g/mol. The zero-order chi connectivity index (χ0) is 12.4. The Morgan fingerprint density at radius 1 is 1.53 bits per heavy atom. The number of carbonyl (C=O) groups is 2. The number of carboxylic acids is 1. The number of rotatable bonds is 3. The number of carbonyl (C=O) groups excluding carboxylic acids is 1. The van der Waals surface area contributed by atoms with E-state index in [0.29, 0.717) is 5.65 Å². The maximum atomic E-state index is 11.4. The number of hydrogen-bond acceptors (Lipinski definition) is 5. The van der Waals surface area contributed by atoms with Crippen LogP contribution < -0.4 is 0 Å². The Balaban J connectivity index is 2.43. The summed E-state index contributed by atoms with van der Waals surface area (Å²) in [5, 5.41) is 12.5. The molecule has 0 unspecified atom stereocenters. The first kappa shape index (κ1) is 11.1. The minimum atomic E-state index is -1.15. The van der Waals surface area contributed by atoms with Crippen molar-refractivity contribution in [1.82, 2.24) is 14.6 Å². The Morgan fingerprint density at radius 2 is 2.29 bits per heavy atom.